The molecule has 0 heterocycles. The monoisotopic (exact) mass is 377 g/mol. The molecule has 0 bridgehead atoms. The summed E-state index contributed by atoms with van der Waals surface area (Å²) in [5.74, 6) is -1.57. The first-order valence-corrected chi connectivity index (χ1v) is 9.51. The third-order valence-electron chi connectivity index (χ3n) is 4.16. The highest BCUT2D eigenvalue weighted by Gasteiger charge is 2.63. The van der Waals surface area contributed by atoms with Gasteiger partial charge >= 0.3 is 5.97 Å². The first kappa shape index (κ1) is 17.7. The van der Waals surface area contributed by atoms with Gasteiger partial charge in [-0.05, 0) is 35.8 Å². The summed E-state index contributed by atoms with van der Waals surface area (Å²) in [6.07, 6.45) is 1.60. The molecule has 1 saturated carbocycles. The zero-order chi connectivity index (χ0) is 18.1. The lowest BCUT2D eigenvalue weighted by atomic mass is 10.1. The molecule has 1 aliphatic rings. The molecule has 2 N–H and O–H groups in total. The topological polar surface area (TPSA) is 83.5 Å². The number of rotatable bonds is 6. The van der Waals surface area contributed by atoms with Gasteiger partial charge in [-0.2, -0.15) is 4.72 Å². The molecule has 1 fully saturated rings. The molecule has 0 aliphatic heterocycles. The summed E-state index contributed by atoms with van der Waals surface area (Å²) in [6.45, 7) is 0. The average molecular weight is 378 g/mol. The first-order valence-electron chi connectivity index (χ1n) is 7.58. The van der Waals surface area contributed by atoms with Crippen LogP contribution in [0.15, 0.2) is 60.0 Å². The molecule has 0 unspecified atom stereocenters. The van der Waals surface area contributed by atoms with Crippen molar-refractivity contribution in [3.05, 3.63) is 76.2 Å². The number of nitrogens with one attached hydrogen (secondary N) is 1. The van der Waals surface area contributed by atoms with Crippen molar-refractivity contribution in [3.8, 4) is 0 Å². The van der Waals surface area contributed by atoms with E-state index in [4.69, 9.17) is 11.6 Å². The van der Waals surface area contributed by atoms with Crippen LogP contribution >= 0.6 is 11.6 Å². The van der Waals surface area contributed by atoms with Crippen LogP contribution in [0.2, 0.25) is 5.02 Å². The van der Waals surface area contributed by atoms with Gasteiger partial charge in [0.2, 0.25) is 10.0 Å². The summed E-state index contributed by atoms with van der Waals surface area (Å²) in [7, 11) is -3.93. The van der Waals surface area contributed by atoms with Crippen LogP contribution in [0, 0.1) is 0 Å². The first-order chi connectivity index (χ1) is 11.8. The van der Waals surface area contributed by atoms with Crippen LogP contribution in [-0.4, -0.2) is 25.0 Å². The molecular weight excluding hydrogens is 362 g/mol. The standard InChI is InChI=1S/C18H16ClNO4S/c19-15-8-4-5-13(11-15)9-10-25(23,24)20-18(17(21)22)12-16(18)14-6-2-1-3-7-14/h1-11,16,20H,12H2,(H,21,22)/b10-9+/t16-,18+/m1/s1. The summed E-state index contributed by atoms with van der Waals surface area (Å²) >= 11 is 5.86. The number of benzene rings is 2. The molecule has 2 aromatic rings. The van der Waals surface area contributed by atoms with Gasteiger partial charge in [-0.25, -0.2) is 8.42 Å². The Morgan fingerprint density at radius 2 is 1.92 bits per heavy atom. The fourth-order valence-corrected chi connectivity index (χ4v) is 4.23. The number of halogens is 1. The van der Waals surface area contributed by atoms with Crippen molar-refractivity contribution < 1.29 is 18.3 Å². The van der Waals surface area contributed by atoms with E-state index in [1.807, 2.05) is 6.07 Å². The molecule has 25 heavy (non-hydrogen) atoms. The van der Waals surface area contributed by atoms with Gasteiger partial charge in [0.05, 0.1) is 0 Å². The normalized spacial score (nSPS) is 22.8. The second-order valence-electron chi connectivity index (χ2n) is 5.95. The average Bonchev–Trinajstić information content (AvgIpc) is 3.29. The summed E-state index contributed by atoms with van der Waals surface area (Å²) in [4.78, 5) is 11.7. The highest BCUT2D eigenvalue weighted by molar-refractivity contribution is 7.92. The lowest BCUT2D eigenvalue weighted by molar-refractivity contribution is -0.140. The molecule has 0 spiro atoms. The predicted octanol–water partition coefficient (Wildman–Crippen LogP) is 3.24. The van der Waals surface area contributed by atoms with Crippen LogP contribution < -0.4 is 4.72 Å². The van der Waals surface area contributed by atoms with Crippen LogP contribution in [-0.2, 0) is 14.8 Å². The SMILES string of the molecule is O=C(O)[C@]1(NS(=O)(=O)/C=C/c2cccc(Cl)c2)C[C@@H]1c1ccccc1. The third kappa shape index (κ3) is 3.92. The number of carboxylic acid groups (broad SMARTS) is 1. The second-order valence-corrected chi connectivity index (χ2v) is 7.95. The predicted molar refractivity (Wildman–Crippen MR) is 96.7 cm³/mol. The Balaban J connectivity index is 1.80. The molecule has 2 aromatic carbocycles. The largest absolute Gasteiger partial charge is 0.480 e. The number of carboxylic acids is 1. The Hall–Kier alpha value is -2.15. The van der Waals surface area contributed by atoms with Crippen LogP contribution in [0.1, 0.15) is 23.5 Å². The highest BCUT2D eigenvalue weighted by atomic mass is 35.5. The zero-order valence-corrected chi connectivity index (χ0v) is 14.7. The van der Waals surface area contributed by atoms with Gasteiger partial charge in [-0.1, -0.05) is 54.1 Å². The molecule has 0 radical (unpaired) electrons. The second kappa shape index (κ2) is 6.63. The van der Waals surface area contributed by atoms with Crippen LogP contribution in [0.3, 0.4) is 0 Å². The highest BCUT2D eigenvalue weighted by Crippen LogP contribution is 2.52. The molecule has 1 aliphatic carbocycles. The summed E-state index contributed by atoms with van der Waals surface area (Å²) in [6, 6.07) is 15.7. The molecule has 130 valence electrons. The Morgan fingerprint density at radius 3 is 2.56 bits per heavy atom. The van der Waals surface area contributed by atoms with E-state index in [0.29, 0.717) is 10.6 Å². The van der Waals surface area contributed by atoms with Crippen molar-refractivity contribution in [2.45, 2.75) is 17.9 Å². The molecule has 7 heteroatoms. The van der Waals surface area contributed by atoms with E-state index in [0.717, 1.165) is 11.0 Å². The van der Waals surface area contributed by atoms with Gasteiger partial charge in [0.1, 0.15) is 5.54 Å². The van der Waals surface area contributed by atoms with Crippen molar-refractivity contribution in [2.24, 2.45) is 0 Å². The van der Waals surface area contributed by atoms with Gasteiger partial charge in [0.15, 0.2) is 0 Å². The molecule has 0 saturated heterocycles. The van der Waals surface area contributed by atoms with Gasteiger partial charge < -0.3 is 5.11 Å². The molecule has 3 rings (SSSR count). The van der Waals surface area contributed by atoms with Crippen LogP contribution in [0.25, 0.3) is 6.08 Å². The van der Waals surface area contributed by atoms with Crippen molar-refractivity contribution >= 4 is 33.7 Å². The minimum absolute atomic E-state index is 0.219. The van der Waals surface area contributed by atoms with Crippen molar-refractivity contribution in [2.75, 3.05) is 0 Å². The number of carbonyl (C=O) groups is 1. The smallest absolute Gasteiger partial charge is 0.325 e. The minimum atomic E-state index is -3.93. The molecule has 2 atom stereocenters. The number of hydrogen-bond acceptors (Lipinski definition) is 3. The van der Waals surface area contributed by atoms with E-state index in [1.54, 1.807) is 48.5 Å². The Kier molecular flexibility index (Phi) is 4.69. The van der Waals surface area contributed by atoms with Gasteiger partial charge in [-0.3, -0.25) is 4.79 Å². The van der Waals surface area contributed by atoms with Crippen LogP contribution in [0.4, 0.5) is 0 Å². The van der Waals surface area contributed by atoms with Gasteiger partial charge in [-0.15, -0.1) is 0 Å². The van der Waals surface area contributed by atoms with Gasteiger partial charge in [0, 0.05) is 16.3 Å². The summed E-state index contributed by atoms with van der Waals surface area (Å²) in [5, 5.41) is 11.0. The molecule has 0 aromatic heterocycles. The number of hydrogen-bond donors (Lipinski definition) is 2. The Morgan fingerprint density at radius 1 is 1.20 bits per heavy atom. The van der Waals surface area contributed by atoms with Gasteiger partial charge in [0.25, 0.3) is 0 Å². The molecular formula is C18H16ClNO4S. The lowest BCUT2D eigenvalue weighted by Crippen LogP contribution is -2.43. The summed E-state index contributed by atoms with van der Waals surface area (Å²) in [5.41, 5.74) is -0.0946. The van der Waals surface area contributed by atoms with E-state index in [2.05, 4.69) is 4.72 Å². The fourth-order valence-electron chi connectivity index (χ4n) is 2.81. The summed E-state index contributed by atoms with van der Waals surface area (Å²) < 4.78 is 27.0. The van der Waals surface area contributed by atoms with E-state index in [-0.39, 0.29) is 12.3 Å². The van der Waals surface area contributed by atoms with E-state index >= 15 is 0 Å². The lowest BCUT2D eigenvalue weighted by Gasteiger charge is -2.13. The van der Waals surface area contributed by atoms with Crippen molar-refractivity contribution in [1.82, 2.24) is 4.72 Å². The molecule has 5 nitrogen and oxygen atoms in total. The van der Waals surface area contributed by atoms with E-state index in [1.165, 1.54) is 6.08 Å². The minimum Gasteiger partial charge on any atom is -0.480 e. The number of sulfonamides is 1. The number of aliphatic carboxylic acids is 1. The van der Waals surface area contributed by atoms with E-state index < -0.39 is 21.5 Å². The molecule has 0 amide bonds. The zero-order valence-electron chi connectivity index (χ0n) is 13.1. The maximum absolute atomic E-state index is 12.3. The fraction of sp³-hybridized carbons (Fsp3) is 0.167. The Bertz CT molecular complexity index is 927. The van der Waals surface area contributed by atoms with E-state index in [9.17, 15) is 18.3 Å². The third-order valence-corrected chi connectivity index (χ3v) is 5.54. The maximum atomic E-state index is 12.3. The van der Waals surface area contributed by atoms with Crippen molar-refractivity contribution in [1.29, 1.82) is 0 Å². The Labute approximate surface area is 151 Å². The quantitative estimate of drug-likeness (QED) is 0.809. The van der Waals surface area contributed by atoms with Crippen molar-refractivity contribution in [3.63, 3.8) is 0 Å². The van der Waals surface area contributed by atoms with Crippen LogP contribution in [0.5, 0.6) is 0 Å². The maximum Gasteiger partial charge on any atom is 0.325 e.